The minimum Gasteiger partial charge on any atom is -0.0992 e. The highest BCUT2D eigenvalue weighted by molar-refractivity contribution is 5.90. The zero-order valence-electron chi connectivity index (χ0n) is 8.09. The molecule has 0 aromatic heterocycles. The van der Waals surface area contributed by atoms with Crippen LogP contribution in [0.4, 0.5) is 0 Å². The third-order valence-electron chi connectivity index (χ3n) is 2.96. The minimum atomic E-state index is 1.05. The minimum absolute atomic E-state index is 1.05. The third kappa shape index (κ3) is 1.00. The van der Waals surface area contributed by atoms with Crippen molar-refractivity contribution in [2.75, 3.05) is 0 Å². The van der Waals surface area contributed by atoms with Crippen LogP contribution in [0.15, 0.2) is 48.6 Å². The van der Waals surface area contributed by atoms with Gasteiger partial charge in [0.1, 0.15) is 0 Å². The molecule has 1 aliphatic rings. The lowest BCUT2D eigenvalue weighted by molar-refractivity contribution is 1.03. The smallest absolute Gasteiger partial charge is 0.00602 e. The van der Waals surface area contributed by atoms with Gasteiger partial charge in [0, 0.05) is 0 Å². The van der Waals surface area contributed by atoms with Crippen molar-refractivity contribution in [1.29, 1.82) is 0 Å². The Kier molecular flexibility index (Phi) is 1.51. The van der Waals surface area contributed by atoms with Crippen LogP contribution in [0.1, 0.15) is 11.1 Å². The average Bonchev–Trinajstić information content (AvgIpc) is 2.18. The van der Waals surface area contributed by atoms with Crippen LogP contribution >= 0.6 is 0 Å². The van der Waals surface area contributed by atoms with E-state index >= 15 is 0 Å². The maximum Gasteiger partial charge on any atom is -0.00602 e. The van der Waals surface area contributed by atoms with Crippen LogP contribution in [-0.4, -0.2) is 0 Å². The molecule has 0 fully saturated rings. The number of benzene rings is 2. The highest BCUT2D eigenvalue weighted by Gasteiger charge is 2.13. The summed E-state index contributed by atoms with van der Waals surface area (Å²) >= 11 is 0. The molecule has 0 heterocycles. The van der Waals surface area contributed by atoms with E-state index in [1.807, 2.05) is 0 Å². The molecule has 2 aromatic rings. The standard InChI is InChI=1S/C14H12/c1-10-8-12-6-2-4-11-5-3-7-13(9-10)14(11)12/h2-7H,1,8-9H2. The van der Waals surface area contributed by atoms with E-state index in [-0.39, 0.29) is 0 Å². The second kappa shape index (κ2) is 2.71. The van der Waals surface area contributed by atoms with Crippen molar-refractivity contribution < 1.29 is 0 Å². The van der Waals surface area contributed by atoms with Gasteiger partial charge in [-0.1, -0.05) is 48.6 Å². The van der Waals surface area contributed by atoms with E-state index in [9.17, 15) is 0 Å². The van der Waals surface area contributed by atoms with Crippen LogP contribution in [0.3, 0.4) is 0 Å². The summed E-state index contributed by atoms with van der Waals surface area (Å²) in [6, 6.07) is 13.1. The molecule has 14 heavy (non-hydrogen) atoms. The summed E-state index contributed by atoms with van der Waals surface area (Å²) < 4.78 is 0. The molecule has 0 bridgehead atoms. The Balaban J connectivity index is 2.45. The van der Waals surface area contributed by atoms with Gasteiger partial charge < -0.3 is 0 Å². The number of allylic oxidation sites excluding steroid dienone is 1. The molecule has 68 valence electrons. The molecule has 0 atom stereocenters. The Bertz CT molecular complexity index is 478. The Morgan fingerprint density at radius 2 is 1.43 bits per heavy atom. The van der Waals surface area contributed by atoms with Gasteiger partial charge in [0.25, 0.3) is 0 Å². The van der Waals surface area contributed by atoms with Gasteiger partial charge in [-0.25, -0.2) is 0 Å². The van der Waals surface area contributed by atoms with Gasteiger partial charge in [-0.2, -0.15) is 0 Å². The summed E-state index contributed by atoms with van der Waals surface area (Å²) in [7, 11) is 0. The highest BCUT2D eigenvalue weighted by atomic mass is 14.2. The maximum atomic E-state index is 4.10. The predicted octanol–water partition coefficient (Wildman–Crippen LogP) is 3.49. The number of hydrogen-bond donors (Lipinski definition) is 0. The first kappa shape index (κ1) is 7.81. The molecule has 0 saturated carbocycles. The lowest BCUT2D eigenvalue weighted by Crippen LogP contribution is -2.03. The number of rotatable bonds is 0. The lowest BCUT2D eigenvalue weighted by atomic mass is 9.86. The fourth-order valence-electron chi connectivity index (χ4n) is 2.40. The zero-order valence-corrected chi connectivity index (χ0v) is 8.09. The van der Waals surface area contributed by atoms with Crippen molar-refractivity contribution in [3.05, 3.63) is 59.7 Å². The quantitative estimate of drug-likeness (QED) is 0.544. The summed E-state index contributed by atoms with van der Waals surface area (Å²) in [5.74, 6) is 0. The summed E-state index contributed by atoms with van der Waals surface area (Å²) in [4.78, 5) is 0. The van der Waals surface area contributed by atoms with Gasteiger partial charge in [-0.05, 0) is 34.7 Å². The van der Waals surface area contributed by atoms with Crippen LogP contribution in [0.2, 0.25) is 0 Å². The second-order valence-corrected chi connectivity index (χ2v) is 4.04. The zero-order chi connectivity index (χ0) is 9.54. The average molecular weight is 180 g/mol. The molecule has 0 heteroatoms. The van der Waals surface area contributed by atoms with Crippen molar-refractivity contribution in [2.24, 2.45) is 0 Å². The number of hydrogen-bond acceptors (Lipinski definition) is 0. The Morgan fingerprint density at radius 3 is 2.00 bits per heavy atom. The molecule has 2 aromatic carbocycles. The van der Waals surface area contributed by atoms with Gasteiger partial charge in [-0.15, -0.1) is 0 Å². The van der Waals surface area contributed by atoms with Crippen LogP contribution in [0.25, 0.3) is 10.8 Å². The largest absolute Gasteiger partial charge is 0.0992 e. The van der Waals surface area contributed by atoms with E-state index in [1.54, 1.807) is 0 Å². The highest BCUT2D eigenvalue weighted by Crippen LogP contribution is 2.30. The van der Waals surface area contributed by atoms with Crippen LogP contribution < -0.4 is 0 Å². The lowest BCUT2D eigenvalue weighted by Gasteiger charge is -2.18. The first-order valence-corrected chi connectivity index (χ1v) is 5.01. The predicted molar refractivity (Wildman–Crippen MR) is 60.5 cm³/mol. The maximum absolute atomic E-state index is 4.10. The first-order chi connectivity index (χ1) is 6.84. The first-order valence-electron chi connectivity index (χ1n) is 5.01. The molecule has 0 radical (unpaired) electrons. The molecule has 0 saturated heterocycles. The molecule has 0 N–H and O–H groups in total. The third-order valence-corrected chi connectivity index (χ3v) is 2.96. The summed E-state index contributed by atoms with van der Waals surface area (Å²) in [5, 5.41) is 2.83. The van der Waals surface area contributed by atoms with Crippen LogP contribution in [0, 0.1) is 0 Å². The molecule has 1 aliphatic carbocycles. The van der Waals surface area contributed by atoms with Crippen molar-refractivity contribution in [3.8, 4) is 0 Å². The van der Waals surface area contributed by atoms with Crippen LogP contribution in [-0.2, 0) is 12.8 Å². The molecule has 0 aliphatic heterocycles. The van der Waals surface area contributed by atoms with E-state index in [2.05, 4.69) is 43.0 Å². The molecular weight excluding hydrogens is 168 g/mol. The van der Waals surface area contributed by atoms with E-state index in [0.29, 0.717) is 0 Å². The van der Waals surface area contributed by atoms with E-state index < -0.39 is 0 Å². The van der Waals surface area contributed by atoms with E-state index in [1.165, 1.54) is 27.5 Å². The van der Waals surface area contributed by atoms with Gasteiger partial charge in [0.15, 0.2) is 0 Å². The summed E-state index contributed by atoms with van der Waals surface area (Å²) in [5.41, 5.74) is 4.21. The van der Waals surface area contributed by atoms with Gasteiger partial charge in [0.2, 0.25) is 0 Å². The topological polar surface area (TPSA) is 0 Å². The summed E-state index contributed by atoms with van der Waals surface area (Å²) in [6.07, 6.45) is 2.10. The van der Waals surface area contributed by atoms with Gasteiger partial charge in [0.05, 0.1) is 0 Å². The second-order valence-electron chi connectivity index (χ2n) is 4.04. The normalized spacial score (nSPS) is 14.7. The SMILES string of the molecule is C=C1Cc2cccc3cccc(c23)C1. The van der Waals surface area contributed by atoms with Crippen LogP contribution in [0.5, 0.6) is 0 Å². The van der Waals surface area contributed by atoms with E-state index in [4.69, 9.17) is 0 Å². The molecule has 0 nitrogen and oxygen atoms in total. The van der Waals surface area contributed by atoms with Crippen molar-refractivity contribution >= 4 is 10.8 Å². The fourth-order valence-corrected chi connectivity index (χ4v) is 2.40. The van der Waals surface area contributed by atoms with Gasteiger partial charge in [-0.3, -0.25) is 0 Å². The molecule has 0 amide bonds. The Labute approximate surface area is 83.9 Å². The Morgan fingerprint density at radius 1 is 0.857 bits per heavy atom. The molecule has 0 unspecified atom stereocenters. The Hall–Kier alpha value is -1.56. The van der Waals surface area contributed by atoms with E-state index in [0.717, 1.165) is 12.8 Å². The molecule has 3 rings (SSSR count). The monoisotopic (exact) mass is 180 g/mol. The fraction of sp³-hybridized carbons (Fsp3) is 0.143. The van der Waals surface area contributed by atoms with Crippen molar-refractivity contribution in [2.45, 2.75) is 12.8 Å². The summed E-state index contributed by atoms with van der Waals surface area (Å²) in [6.45, 7) is 4.10. The van der Waals surface area contributed by atoms with Gasteiger partial charge >= 0.3 is 0 Å². The van der Waals surface area contributed by atoms with Crippen molar-refractivity contribution in [3.63, 3.8) is 0 Å². The molecular formula is C14H12. The molecule has 0 spiro atoms. The van der Waals surface area contributed by atoms with Crippen molar-refractivity contribution in [1.82, 2.24) is 0 Å².